The molecule has 1 amide bonds. The first-order chi connectivity index (χ1) is 7.17. The van der Waals surface area contributed by atoms with Gasteiger partial charge in [0.2, 0.25) is 0 Å². The van der Waals surface area contributed by atoms with Crippen LogP contribution in [0.4, 0.5) is 5.69 Å². The molecule has 0 spiro atoms. The summed E-state index contributed by atoms with van der Waals surface area (Å²) in [5.41, 5.74) is 6.13. The van der Waals surface area contributed by atoms with E-state index in [9.17, 15) is 4.79 Å². The molecule has 82 valence electrons. The van der Waals surface area contributed by atoms with Gasteiger partial charge in [0.25, 0.3) is 5.91 Å². The van der Waals surface area contributed by atoms with Crippen LogP contribution in [0.3, 0.4) is 0 Å². The van der Waals surface area contributed by atoms with Crippen molar-refractivity contribution in [1.82, 2.24) is 5.32 Å². The normalized spacial score (nSPS) is 9.47. The lowest BCUT2D eigenvalue weighted by molar-refractivity contribution is -0.122. The maximum absolute atomic E-state index is 10.9. The quantitative estimate of drug-likeness (QED) is 0.705. The predicted molar refractivity (Wildman–Crippen MR) is 57.0 cm³/mol. The highest BCUT2D eigenvalue weighted by Crippen LogP contribution is 2.25. The van der Waals surface area contributed by atoms with Gasteiger partial charge < -0.3 is 20.5 Å². The summed E-state index contributed by atoms with van der Waals surface area (Å²) in [7, 11) is 3.10. The minimum atomic E-state index is -0.204. The Morgan fingerprint density at radius 1 is 1.53 bits per heavy atom. The van der Waals surface area contributed by atoms with Gasteiger partial charge in [-0.3, -0.25) is 4.79 Å². The number of methoxy groups -OCH3 is 1. The molecule has 0 unspecified atom stereocenters. The molecule has 5 nitrogen and oxygen atoms in total. The number of nitrogen functional groups attached to an aromatic ring is 1. The lowest BCUT2D eigenvalue weighted by Gasteiger charge is -2.09. The van der Waals surface area contributed by atoms with Gasteiger partial charge in [0.1, 0.15) is 11.5 Å². The van der Waals surface area contributed by atoms with Gasteiger partial charge in [-0.05, 0) is 12.1 Å². The molecule has 1 aromatic rings. The molecule has 15 heavy (non-hydrogen) atoms. The number of benzene rings is 1. The topological polar surface area (TPSA) is 73.6 Å². The summed E-state index contributed by atoms with van der Waals surface area (Å²) >= 11 is 0. The highest BCUT2D eigenvalue weighted by atomic mass is 16.5. The first kappa shape index (κ1) is 11.2. The smallest absolute Gasteiger partial charge is 0.257 e. The Morgan fingerprint density at radius 2 is 2.27 bits per heavy atom. The van der Waals surface area contributed by atoms with Crippen LogP contribution < -0.4 is 20.5 Å². The fourth-order valence-corrected chi connectivity index (χ4v) is 1.00. The number of rotatable bonds is 4. The fraction of sp³-hybridized carbons (Fsp3) is 0.300. The van der Waals surface area contributed by atoms with Crippen molar-refractivity contribution in [3.05, 3.63) is 18.2 Å². The fourth-order valence-electron chi connectivity index (χ4n) is 1.00. The predicted octanol–water partition coefficient (Wildman–Crippen LogP) is 0.402. The zero-order chi connectivity index (χ0) is 11.3. The SMILES string of the molecule is CNC(=O)COc1ccc(OC)cc1N. The Balaban J connectivity index is 2.66. The van der Waals surface area contributed by atoms with Gasteiger partial charge >= 0.3 is 0 Å². The number of amides is 1. The van der Waals surface area contributed by atoms with Gasteiger partial charge in [-0.15, -0.1) is 0 Å². The summed E-state index contributed by atoms with van der Waals surface area (Å²) in [6.07, 6.45) is 0. The molecule has 0 aliphatic heterocycles. The van der Waals surface area contributed by atoms with Crippen LogP contribution in [0, 0.1) is 0 Å². The number of carbonyl (C=O) groups excluding carboxylic acids is 1. The van der Waals surface area contributed by atoms with Crippen LogP contribution >= 0.6 is 0 Å². The van der Waals surface area contributed by atoms with E-state index in [2.05, 4.69) is 5.32 Å². The number of nitrogens with two attached hydrogens (primary N) is 1. The molecular formula is C10H14N2O3. The van der Waals surface area contributed by atoms with E-state index in [-0.39, 0.29) is 12.5 Å². The third-order valence-corrected chi connectivity index (χ3v) is 1.85. The van der Waals surface area contributed by atoms with Gasteiger partial charge in [0.15, 0.2) is 6.61 Å². The zero-order valence-corrected chi connectivity index (χ0v) is 8.74. The molecule has 1 rings (SSSR count). The largest absolute Gasteiger partial charge is 0.497 e. The number of hydrogen-bond acceptors (Lipinski definition) is 4. The Labute approximate surface area is 88.2 Å². The van der Waals surface area contributed by atoms with E-state index in [4.69, 9.17) is 15.2 Å². The van der Waals surface area contributed by atoms with E-state index >= 15 is 0 Å². The lowest BCUT2D eigenvalue weighted by atomic mass is 10.3. The van der Waals surface area contributed by atoms with Gasteiger partial charge in [0.05, 0.1) is 12.8 Å². The summed E-state index contributed by atoms with van der Waals surface area (Å²) < 4.78 is 10.2. The first-order valence-electron chi connectivity index (χ1n) is 4.44. The van der Waals surface area contributed by atoms with E-state index in [1.165, 1.54) is 0 Å². The molecule has 0 saturated heterocycles. The number of carbonyl (C=O) groups is 1. The average Bonchev–Trinajstić information content (AvgIpc) is 2.26. The number of ether oxygens (including phenoxy) is 2. The summed E-state index contributed by atoms with van der Waals surface area (Å²) in [5, 5.41) is 2.45. The molecule has 3 N–H and O–H groups in total. The van der Waals surface area contributed by atoms with Crippen molar-refractivity contribution in [1.29, 1.82) is 0 Å². The second kappa shape index (κ2) is 5.09. The number of hydrogen-bond donors (Lipinski definition) is 2. The van der Waals surface area contributed by atoms with Crippen molar-refractivity contribution >= 4 is 11.6 Å². The van der Waals surface area contributed by atoms with Crippen LogP contribution in [-0.2, 0) is 4.79 Å². The molecule has 0 fully saturated rings. The molecule has 0 aliphatic carbocycles. The van der Waals surface area contributed by atoms with Crippen LogP contribution in [0.5, 0.6) is 11.5 Å². The summed E-state index contributed by atoms with van der Waals surface area (Å²) in [4.78, 5) is 10.9. The van der Waals surface area contributed by atoms with Crippen LogP contribution in [-0.4, -0.2) is 26.7 Å². The maximum atomic E-state index is 10.9. The van der Waals surface area contributed by atoms with E-state index in [1.807, 2.05) is 0 Å². The van der Waals surface area contributed by atoms with E-state index in [0.717, 1.165) is 0 Å². The average molecular weight is 210 g/mol. The molecule has 0 bridgehead atoms. The van der Waals surface area contributed by atoms with Crippen molar-refractivity contribution in [2.45, 2.75) is 0 Å². The Morgan fingerprint density at radius 3 is 2.80 bits per heavy atom. The molecule has 0 aliphatic rings. The Kier molecular flexibility index (Phi) is 3.79. The Hall–Kier alpha value is -1.91. The lowest BCUT2D eigenvalue weighted by Crippen LogP contribution is -2.25. The zero-order valence-electron chi connectivity index (χ0n) is 8.74. The van der Waals surface area contributed by atoms with E-state index < -0.39 is 0 Å². The second-order valence-corrected chi connectivity index (χ2v) is 2.87. The molecule has 0 atom stereocenters. The number of anilines is 1. The standard InChI is InChI=1S/C10H14N2O3/c1-12-10(13)6-15-9-4-3-7(14-2)5-8(9)11/h3-5H,6,11H2,1-2H3,(H,12,13). The highest BCUT2D eigenvalue weighted by Gasteiger charge is 2.04. The number of likely N-dealkylation sites (N-methyl/N-ethyl adjacent to an activating group) is 1. The summed E-state index contributed by atoms with van der Waals surface area (Å²) in [6.45, 7) is -0.0486. The van der Waals surface area contributed by atoms with Gasteiger partial charge in [-0.25, -0.2) is 0 Å². The molecule has 0 saturated carbocycles. The molecule has 0 aromatic heterocycles. The summed E-state index contributed by atoms with van der Waals surface area (Å²) in [5.74, 6) is 0.921. The summed E-state index contributed by atoms with van der Waals surface area (Å²) in [6, 6.07) is 5.02. The van der Waals surface area contributed by atoms with Crippen LogP contribution in [0.15, 0.2) is 18.2 Å². The minimum absolute atomic E-state index is 0.0486. The van der Waals surface area contributed by atoms with Gasteiger partial charge in [-0.2, -0.15) is 0 Å². The molecule has 5 heteroatoms. The first-order valence-corrected chi connectivity index (χ1v) is 4.44. The van der Waals surface area contributed by atoms with Crippen molar-refractivity contribution < 1.29 is 14.3 Å². The van der Waals surface area contributed by atoms with Crippen molar-refractivity contribution in [2.75, 3.05) is 26.5 Å². The Bertz CT molecular complexity index is 353. The van der Waals surface area contributed by atoms with Crippen molar-refractivity contribution in [2.24, 2.45) is 0 Å². The third-order valence-electron chi connectivity index (χ3n) is 1.85. The van der Waals surface area contributed by atoms with Crippen molar-refractivity contribution in [3.8, 4) is 11.5 Å². The van der Waals surface area contributed by atoms with Gasteiger partial charge in [-0.1, -0.05) is 0 Å². The van der Waals surface area contributed by atoms with Gasteiger partial charge in [0, 0.05) is 13.1 Å². The highest BCUT2D eigenvalue weighted by molar-refractivity contribution is 5.77. The van der Waals surface area contributed by atoms with Crippen LogP contribution in [0.2, 0.25) is 0 Å². The monoisotopic (exact) mass is 210 g/mol. The van der Waals surface area contributed by atoms with Crippen molar-refractivity contribution in [3.63, 3.8) is 0 Å². The van der Waals surface area contributed by atoms with Crippen LogP contribution in [0.1, 0.15) is 0 Å². The van der Waals surface area contributed by atoms with E-state index in [1.54, 1.807) is 32.4 Å². The van der Waals surface area contributed by atoms with Crippen LogP contribution in [0.25, 0.3) is 0 Å². The molecule has 1 aromatic carbocycles. The second-order valence-electron chi connectivity index (χ2n) is 2.87. The molecule has 0 heterocycles. The maximum Gasteiger partial charge on any atom is 0.257 e. The third kappa shape index (κ3) is 3.05. The molecular weight excluding hydrogens is 196 g/mol. The minimum Gasteiger partial charge on any atom is -0.497 e. The van der Waals surface area contributed by atoms with E-state index in [0.29, 0.717) is 17.2 Å². The molecule has 0 radical (unpaired) electrons. The number of nitrogens with one attached hydrogen (secondary N) is 1.